The predicted octanol–water partition coefficient (Wildman–Crippen LogP) is 0.0760. The van der Waals surface area contributed by atoms with Crippen molar-refractivity contribution in [2.45, 2.75) is 11.4 Å². The summed E-state index contributed by atoms with van der Waals surface area (Å²) >= 11 is 0. The molecule has 0 amide bonds. The maximum absolute atomic E-state index is 11.5. The van der Waals surface area contributed by atoms with E-state index in [1.165, 1.54) is 6.26 Å². The maximum Gasteiger partial charge on any atom is 0.175 e. The lowest BCUT2D eigenvalue weighted by Gasteiger charge is -2.26. The van der Waals surface area contributed by atoms with E-state index in [1.54, 1.807) is 35.1 Å². The largest absolute Gasteiger partial charge is 0.314 e. The van der Waals surface area contributed by atoms with Crippen LogP contribution in [-0.2, 0) is 16.4 Å². The van der Waals surface area contributed by atoms with E-state index in [0.717, 1.165) is 44.1 Å². The number of aromatic nitrogens is 3. The summed E-state index contributed by atoms with van der Waals surface area (Å²) in [6, 6.07) is 6.71. The molecule has 7 nitrogen and oxygen atoms in total. The molecular weight excluding hydrogens is 302 g/mol. The van der Waals surface area contributed by atoms with Crippen molar-refractivity contribution in [2.75, 3.05) is 32.4 Å². The molecule has 3 rings (SSSR count). The van der Waals surface area contributed by atoms with Crippen LogP contribution in [0.1, 0.15) is 5.69 Å². The number of piperazine rings is 1. The molecule has 0 aliphatic carbocycles. The molecule has 0 atom stereocenters. The van der Waals surface area contributed by atoms with Crippen molar-refractivity contribution in [3.63, 3.8) is 0 Å². The number of hydrogen-bond donors (Lipinski definition) is 1. The van der Waals surface area contributed by atoms with E-state index >= 15 is 0 Å². The number of hydrogen-bond acceptors (Lipinski definition) is 6. The Balaban J connectivity index is 1.82. The first-order valence-corrected chi connectivity index (χ1v) is 9.06. The van der Waals surface area contributed by atoms with Gasteiger partial charge in [0.1, 0.15) is 0 Å². The van der Waals surface area contributed by atoms with E-state index in [0.29, 0.717) is 4.90 Å². The monoisotopic (exact) mass is 321 g/mol. The molecule has 1 saturated heterocycles. The van der Waals surface area contributed by atoms with Crippen LogP contribution in [0.3, 0.4) is 0 Å². The fraction of sp³-hybridized carbons (Fsp3) is 0.429. The summed E-state index contributed by atoms with van der Waals surface area (Å²) in [5.41, 5.74) is 1.81. The molecule has 22 heavy (non-hydrogen) atoms. The molecule has 118 valence electrons. The van der Waals surface area contributed by atoms with E-state index < -0.39 is 9.84 Å². The van der Waals surface area contributed by atoms with Gasteiger partial charge in [-0.1, -0.05) is 5.21 Å². The first-order valence-electron chi connectivity index (χ1n) is 7.17. The molecule has 2 aromatic rings. The normalized spacial score (nSPS) is 16.8. The van der Waals surface area contributed by atoms with Gasteiger partial charge in [-0.3, -0.25) is 4.90 Å². The van der Waals surface area contributed by atoms with Gasteiger partial charge in [0.15, 0.2) is 9.84 Å². The second-order valence-corrected chi connectivity index (χ2v) is 7.45. The Hall–Kier alpha value is -1.77. The molecule has 0 spiro atoms. The Morgan fingerprint density at radius 2 is 1.86 bits per heavy atom. The Bertz CT molecular complexity index is 733. The minimum Gasteiger partial charge on any atom is -0.314 e. The van der Waals surface area contributed by atoms with Gasteiger partial charge in [-0.25, -0.2) is 13.1 Å². The van der Waals surface area contributed by atoms with E-state index in [2.05, 4.69) is 20.5 Å². The zero-order chi connectivity index (χ0) is 15.6. The van der Waals surface area contributed by atoms with Gasteiger partial charge in [0.05, 0.1) is 22.5 Å². The minimum absolute atomic E-state index is 0.306. The highest BCUT2D eigenvalue weighted by Crippen LogP contribution is 2.15. The lowest BCUT2D eigenvalue weighted by molar-refractivity contribution is 0.229. The zero-order valence-corrected chi connectivity index (χ0v) is 13.3. The SMILES string of the molecule is CS(=O)(=O)c1ccc(-n2nncc2CN2CCNCC2)cc1. The number of rotatable bonds is 4. The molecule has 1 aliphatic rings. The third-order valence-electron chi connectivity index (χ3n) is 3.72. The van der Waals surface area contributed by atoms with E-state index in [1.807, 2.05) is 0 Å². The number of benzene rings is 1. The van der Waals surface area contributed by atoms with E-state index in [-0.39, 0.29) is 0 Å². The quantitative estimate of drug-likeness (QED) is 0.859. The standard InChI is InChI=1S/C14H19N5O2S/c1-22(20,21)14-4-2-12(3-5-14)19-13(10-16-17-19)11-18-8-6-15-7-9-18/h2-5,10,15H,6-9,11H2,1H3. The highest BCUT2D eigenvalue weighted by atomic mass is 32.2. The Kier molecular flexibility index (Phi) is 4.23. The van der Waals surface area contributed by atoms with Crippen LogP contribution in [0.15, 0.2) is 35.4 Å². The van der Waals surface area contributed by atoms with Gasteiger partial charge in [0.2, 0.25) is 0 Å². The molecule has 1 fully saturated rings. The molecule has 0 unspecified atom stereocenters. The van der Waals surface area contributed by atoms with Gasteiger partial charge in [-0.2, -0.15) is 0 Å². The summed E-state index contributed by atoms with van der Waals surface area (Å²) in [6.45, 7) is 4.76. The molecular formula is C14H19N5O2S. The molecule has 0 bridgehead atoms. The Morgan fingerprint density at radius 3 is 2.50 bits per heavy atom. The van der Waals surface area contributed by atoms with Crippen LogP contribution in [0.25, 0.3) is 5.69 Å². The van der Waals surface area contributed by atoms with Gasteiger partial charge < -0.3 is 5.32 Å². The Labute approximate surface area is 129 Å². The molecule has 2 heterocycles. The minimum atomic E-state index is -3.18. The second-order valence-electron chi connectivity index (χ2n) is 5.43. The summed E-state index contributed by atoms with van der Waals surface area (Å²) in [4.78, 5) is 2.65. The van der Waals surface area contributed by atoms with Crippen LogP contribution in [0.5, 0.6) is 0 Å². The van der Waals surface area contributed by atoms with Crippen LogP contribution >= 0.6 is 0 Å². The number of nitrogens with one attached hydrogen (secondary N) is 1. The molecule has 8 heteroatoms. The summed E-state index contributed by atoms with van der Waals surface area (Å²) in [7, 11) is -3.18. The summed E-state index contributed by atoms with van der Waals surface area (Å²) in [5.74, 6) is 0. The van der Waals surface area contributed by atoms with Gasteiger partial charge in [-0.15, -0.1) is 5.10 Å². The first kappa shape index (κ1) is 15.1. The van der Waals surface area contributed by atoms with Gasteiger partial charge in [0.25, 0.3) is 0 Å². The zero-order valence-electron chi connectivity index (χ0n) is 12.4. The third kappa shape index (κ3) is 3.34. The van der Waals surface area contributed by atoms with Crippen LogP contribution in [0, 0.1) is 0 Å². The van der Waals surface area contributed by atoms with Gasteiger partial charge >= 0.3 is 0 Å². The second kappa shape index (κ2) is 6.15. The average Bonchev–Trinajstić information content (AvgIpc) is 2.96. The molecule has 1 aromatic heterocycles. The van der Waals surface area contributed by atoms with Crippen LogP contribution in [0.2, 0.25) is 0 Å². The molecule has 0 saturated carbocycles. The summed E-state index contributed by atoms with van der Waals surface area (Å²) < 4.78 is 24.8. The van der Waals surface area contributed by atoms with E-state index in [9.17, 15) is 8.42 Å². The summed E-state index contributed by atoms with van der Waals surface area (Å²) in [5, 5.41) is 11.4. The summed E-state index contributed by atoms with van der Waals surface area (Å²) in [6.07, 6.45) is 2.96. The third-order valence-corrected chi connectivity index (χ3v) is 4.85. The topological polar surface area (TPSA) is 80.1 Å². The number of nitrogens with zero attached hydrogens (tertiary/aromatic N) is 4. The van der Waals surface area contributed by atoms with Gasteiger partial charge in [-0.05, 0) is 24.3 Å². The fourth-order valence-electron chi connectivity index (χ4n) is 2.51. The lowest BCUT2D eigenvalue weighted by Crippen LogP contribution is -2.43. The lowest BCUT2D eigenvalue weighted by atomic mass is 10.3. The Morgan fingerprint density at radius 1 is 1.18 bits per heavy atom. The van der Waals surface area contributed by atoms with E-state index in [4.69, 9.17) is 0 Å². The number of sulfone groups is 1. The molecule has 1 aliphatic heterocycles. The van der Waals surface area contributed by atoms with Crippen LogP contribution < -0.4 is 5.32 Å². The first-order chi connectivity index (χ1) is 10.5. The van der Waals surface area contributed by atoms with Crippen LogP contribution in [0.4, 0.5) is 0 Å². The molecule has 1 N–H and O–H groups in total. The average molecular weight is 321 g/mol. The van der Waals surface area contributed by atoms with Crippen molar-refractivity contribution >= 4 is 9.84 Å². The highest BCUT2D eigenvalue weighted by Gasteiger charge is 2.14. The predicted molar refractivity (Wildman–Crippen MR) is 82.6 cm³/mol. The van der Waals surface area contributed by atoms with Crippen LogP contribution in [-0.4, -0.2) is 60.7 Å². The van der Waals surface area contributed by atoms with Crippen molar-refractivity contribution in [3.8, 4) is 5.69 Å². The highest BCUT2D eigenvalue weighted by molar-refractivity contribution is 7.90. The molecule has 1 aromatic carbocycles. The maximum atomic E-state index is 11.5. The smallest absolute Gasteiger partial charge is 0.175 e. The fourth-order valence-corrected chi connectivity index (χ4v) is 3.14. The van der Waals surface area contributed by atoms with Crippen molar-refractivity contribution in [1.82, 2.24) is 25.2 Å². The van der Waals surface area contributed by atoms with Crippen molar-refractivity contribution in [1.29, 1.82) is 0 Å². The van der Waals surface area contributed by atoms with Crippen molar-refractivity contribution in [3.05, 3.63) is 36.2 Å². The van der Waals surface area contributed by atoms with Crippen molar-refractivity contribution in [2.24, 2.45) is 0 Å². The van der Waals surface area contributed by atoms with Crippen molar-refractivity contribution < 1.29 is 8.42 Å². The van der Waals surface area contributed by atoms with Gasteiger partial charge in [0, 0.05) is 39.0 Å². The molecule has 0 radical (unpaired) electrons.